The number of carbonyl (C=O) groups excluding carboxylic acids is 4. The first kappa shape index (κ1) is 93.1. The molecule has 0 aliphatic carbocycles. The first-order valence-electron chi connectivity index (χ1n) is 39.6. The minimum absolute atomic E-state index is 0.108. The van der Waals surface area contributed by atoms with Gasteiger partial charge in [0.05, 0.1) is 26.4 Å². The van der Waals surface area contributed by atoms with E-state index < -0.39 is 97.5 Å². The van der Waals surface area contributed by atoms with Crippen molar-refractivity contribution in [2.45, 2.75) is 419 Å². The third-order valence-electron chi connectivity index (χ3n) is 17.8. The third-order valence-corrected chi connectivity index (χ3v) is 19.7. The minimum Gasteiger partial charge on any atom is -0.462 e. The molecule has 2 unspecified atom stereocenters. The van der Waals surface area contributed by atoms with Crippen LogP contribution in [0.15, 0.2) is 0 Å². The smallest absolute Gasteiger partial charge is 0.462 e. The fraction of sp³-hybridized carbons (Fsp3) is 0.947. The molecule has 95 heavy (non-hydrogen) atoms. The van der Waals surface area contributed by atoms with Gasteiger partial charge in [-0.1, -0.05) is 349 Å². The van der Waals surface area contributed by atoms with E-state index in [9.17, 15) is 43.2 Å². The summed E-state index contributed by atoms with van der Waals surface area (Å²) in [6.07, 6.45) is 58.0. The van der Waals surface area contributed by atoms with Gasteiger partial charge in [-0.05, 0) is 31.6 Å². The highest BCUT2D eigenvalue weighted by Gasteiger charge is 2.30. The van der Waals surface area contributed by atoms with Crippen LogP contribution < -0.4 is 0 Å². The van der Waals surface area contributed by atoms with E-state index in [0.717, 1.165) is 95.8 Å². The first-order chi connectivity index (χ1) is 46.0. The van der Waals surface area contributed by atoms with E-state index in [1.54, 1.807) is 0 Å². The van der Waals surface area contributed by atoms with Crippen LogP contribution in [-0.2, 0) is 65.4 Å². The molecule has 0 saturated carbocycles. The van der Waals surface area contributed by atoms with E-state index in [1.807, 2.05) is 0 Å². The molecule has 0 radical (unpaired) electrons. The minimum atomic E-state index is -4.96. The number of esters is 4. The van der Waals surface area contributed by atoms with Gasteiger partial charge < -0.3 is 33.8 Å². The van der Waals surface area contributed by atoms with E-state index in [0.29, 0.717) is 25.7 Å². The number of hydrogen-bond acceptors (Lipinski definition) is 15. The molecule has 0 saturated heterocycles. The highest BCUT2D eigenvalue weighted by Crippen LogP contribution is 2.45. The van der Waals surface area contributed by atoms with Gasteiger partial charge in [-0.3, -0.25) is 37.3 Å². The SMILES string of the molecule is CCCCCCCCCCCCCCCCC(=O)OC[C@H](COP(=O)(O)OC[C@@H](O)COP(=O)(O)OC[C@@H](COC(=O)CCCCCCCCCCCCC)OC(=O)CCCCCCCCCCCCCCCC)OC(=O)CCCCCCCCCCCCCCCC(C)C. The fourth-order valence-corrected chi connectivity index (χ4v) is 13.3. The van der Waals surface area contributed by atoms with Gasteiger partial charge in [0.25, 0.3) is 0 Å². The molecule has 0 heterocycles. The first-order valence-corrected chi connectivity index (χ1v) is 42.6. The Morgan fingerprint density at radius 3 is 0.716 bits per heavy atom. The van der Waals surface area contributed by atoms with E-state index in [1.165, 1.54) is 225 Å². The molecule has 3 N–H and O–H groups in total. The molecular formula is C76H148O17P2. The second-order valence-electron chi connectivity index (χ2n) is 27.9. The van der Waals surface area contributed by atoms with Crippen molar-refractivity contribution < 1.29 is 80.2 Å². The maximum atomic E-state index is 13.1. The number of hydrogen-bond donors (Lipinski definition) is 3. The second-order valence-corrected chi connectivity index (χ2v) is 30.8. The summed E-state index contributed by atoms with van der Waals surface area (Å²) in [7, 11) is -9.91. The Labute approximate surface area is 581 Å². The lowest BCUT2D eigenvalue weighted by Gasteiger charge is -2.21. The molecule has 19 heteroatoms. The fourth-order valence-electron chi connectivity index (χ4n) is 11.7. The van der Waals surface area contributed by atoms with Crippen LogP contribution in [0.3, 0.4) is 0 Å². The Morgan fingerprint density at radius 1 is 0.284 bits per heavy atom. The second kappa shape index (κ2) is 69.2. The van der Waals surface area contributed by atoms with Gasteiger partial charge in [0.15, 0.2) is 12.2 Å². The Kier molecular flexibility index (Phi) is 67.7. The summed E-state index contributed by atoms with van der Waals surface area (Å²) >= 11 is 0. The largest absolute Gasteiger partial charge is 0.472 e. The van der Waals surface area contributed by atoms with Crippen LogP contribution in [0, 0.1) is 5.92 Å². The Morgan fingerprint density at radius 2 is 0.484 bits per heavy atom. The standard InChI is InChI=1S/C76H148O17P2/c1-6-9-12-15-18-21-24-26-30-35-40-45-50-55-60-74(79)87-66-72(93-76(81)62-57-52-47-42-37-32-28-29-34-38-43-48-53-58-69(4)5)68-91-95(84,85)89-64-70(77)63-88-94(82,83)90-67-71(65-86-73(78)59-54-49-44-39-33-23-20-17-14-11-8-3)92-75(80)61-56-51-46-41-36-31-27-25-22-19-16-13-10-7-2/h69-72,77H,6-68H2,1-5H3,(H,82,83)(H,84,85)/t70-,71+,72+/m0/s1. The third kappa shape index (κ3) is 70.3. The Bertz CT molecular complexity index is 1820. The van der Waals surface area contributed by atoms with Crippen LogP contribution >= 0.6 is 15.6 Å². The monoisotopic (exact) mass is 1400 g/mol. The van der Waals surface area contributed by atoms with Gasteiger partial charge >= 0.3 is 39.5 Å². The molecule has 0 fully saturated rings. The topological polar surface area (TPSA) is 237 Å². The number of aliphatic hydroxyl groups is 1. The molecule has 0 aliphatic heterocycles. The van der Waals surface area contributed by atoms with E-state index in [2.05, 4.69) is 34.6 Å². The van der Waals surface area contributed by atoms with Gasteiger partial charge in [0.2, 0.25) is 0 Å². The van der Waals surface area contributed by atoms with Crippen molar-refractivity contribution in [2.75, 3.05) is 39.6 Å². The van der Waals surface area contributed by atoms with Gasteiger partial charge in [-0.15, -0.1) is 0 Å². The van der Waals surface area contributed by atoms with Crippen LogP contribution in [-0.4, -0.2) is 96.7 Å². The summed E-state index contributed by atoms with van der Waals surface area (Å²) in [6.45, 7) is 7.32. The number of unbranched alkanes of at least 4 members (excludes halogenated alkanes) is 48. The van der Waals surface area contributed by atoms with Gasteiger partial charge in [0.1, 0.15) is 19.3 Å². The number of phosphoric acid groups is 2. The number of carbonyl (C=O) groups is 4. The molecule has 0 rings (SSSR count). The molecule has 0 aliphatic rings. The van der Waals surface area contributed by atoms with Crippen molar-refractivity contribution in [2.24, 2.45) is 5.92 Å². The van der Waals surface area contributed by atoms with Gasteiger partial charge in [0, 0.05) is 25.7 Å². The van der Waals surface area contributed by atoms with E-state index in [4.69, 9.17) is 37.0 Å². The predicted molar refractivity (Wildman–Crippen MR) is 386 cm³/mol. The van der Waals surface area contributed by atoms with Crippen molar-refractivity contribution in [3.8, 4) is 0 Å². The van der Waals surface area contributed by atoms with E-state index in [-0.39, 0.29) is 25.7 Å². The van der Waals surface area contributed by atoms with Crippen molar-refractivity contribution >= 4 is 39.5 Å². The maximum Gasteiger partial charge on any atom is 0.472 e. The molecule has 0 amide bonds. The van der Waals surface area contributed by atoms with Crippen molar-refractivity contribution in [1.82, 2.24) is 0 Å². The van der Waals surface area contributed by atoms with Gasteiger partial charge in [-0.2, -0.15) is 0 Å². The summed E-state index contributed by atoms with van der Waals surface area (Å²) in [6, 6.07) is 0. The molecule has 0 aromatic rings. The molecule has 564 valence electrons. The molecule has 0 aromatic carbocycles. The lowest BCUT2D eigenvalue weighted by molar-refractivity contribution is -0.161. The zero-order chi connectivity index (χ0) is 69.8. The van der Waals surface area contributed by atoms with Crippen LogP contribution in [0.4, 0.5) is 0 Å². The highest BCUT2D eigenvalue weighted by molar-refractivity contribution is 7.47. The number of aliphatic hydroxyl groups excluding tert-OH is 1. The average molecular weight is 1400 g/mol. The Balaban J connectivity index is 5.26. The van der Waals surface area contributed by atoms with Crippen molar-refractivity contribution in [1.29, 1.82) is 0 Å². The quantitative estimate of drug-likeness (QED) is 0.0222. The summed E-state index contributed by atoms with van der Waals surface area (Å²) in [5.74, 6) is -1.32. The molecule has 17 nitrogen and oxygen atoms in total. The number of ether oxygens (including phenoxy) is 4. The molecular weight excluding hydrogens is 1250 g/mol. The number of phosphoric ester groups is 2. The maximum absolute atomic E-state index is 13.1. The van der Waals surface area contributed by atoms with Gasteiger partial charge in [-0.25, -0.2) is 9.13 Å². The van der Waals surface area contributed by atoms with Crippen LogP contribution in [0.5, 0.6) is 0 Å². The molecule has 0 aromatic heterocycles. The average Bonchev–Trinajstić information content (AvgIpc) is 1.49. The summed E-state index contributed by atoms with van der Waals surface area (Å²) < 4.78 is 68.6. The van der Waals surface area contributed by atoms with Crippen molar-refractivity contribution in [3.63, 3.8) is 0 Å². The molecule has 5 atom stereocenters. The predicted octanol–water partition coefficient (Wildman–Crippen LogP) is 22.5. The summed E-state index contributed by atoms with van der Waals surface area (Å²) in [5.41, 5.74) is 0. The molecule has 0 bridgehead atoms. The van der Waals surface area contributed by atoms with E-state index >= 15 is 0 Å². The lowest BCUT2D eigenvalue weighted by Crippen LogP contribution is -2.30. The normalized spacial score (nSPS) is 13.9. The van der Waals surface area contributed by atoms with Crippen LogP contribution in [0.2, 0.25) is 0 Å². The Hall–Kier alpha value is -1.94. The zero-order valence-electron chi connectivity index (χ0n) is 61.8. The van der Waals surface area contributed by atoms with Crippen LogP contribution in [0.1, 0.15) is 401 Å². The molecule has 0 spiro atoms. The summed E-state index contributed by atoms with van der Waals surface area (Å²) in [4.78, 5) is 72.8. The van der Waals surface area contributed by atoms with Crippen molar-refractivity contribution in [3.05, 3.63) is 0 Å². The number of rotatable bonds is 76. The summed E-state index contributed by atoms with van der Waals surface area (Å²) in [5, 5.41) is 10.6. The highest BCUT2D eigenvalue weighted by atomic mass is 31.2. The van der Waals surface area contributed by atoms with Crippen LogP contribution in [0.25, 0.3) is 0 Å². The zero-order valence-corrected chi connectivity index (χ0v) is 63.6. The lowest BCUT2D eigenvalue weighted by atomic mass is 10.0.